The Hall–Kier alpha value is -0.0800. The van der Waals surface area contributed by atoms with Gasteiger partial charge in [0.1, 0.15) is 0 Å². The van der Waals surface area contributed by atoms with Crippen LogP contribution >= 0.6 is 0 Å². The molecule has 0 aromatic rings. The van der Waals surface area contributed by atoms with E-state index in [-0.39, 0.29) is 0 Å². The van der Waals surface area contributed by atoms with Crippen LogP contribution in [0.25, 0.3) is 0 Å². The van der Waals surface area contributed by atoms with Crippen LogP contribution in [0.1, 0.15) is 64.7 Å². The summed E-state index contributed by atoms with van der Waals surface area (Å²) in [5, 5.41) is 0. The number of piperidine rings is 3. The highest BCUT2D eigenvalue weighted by Crippen LogP contribution is 2.44. The fourth-order valence-electron chi connectivity index (χ4n) is 5.91. The molecule has 0 spiro atoms. The van der Waals surface area contributed by atoms with Gasteiger partial charge in [0.15, 0.2) is 0 Å². The maximum atomic E-state index is 3.01. The van der Waals surface area contributed by atoms with Crippen molar-refractivity contribution in [3.8, 4) is 0 Å². The molecule has 0 saturated carbocycles. The summed E-state index contributed by atoms with van der Waals surface area (Å²) in [6.07, 6.45) is 13.3. The molecule has 0 amide bonds. The molecule has 4 fully saturated rings. The second-order valence-electron chi connectivity index (χ2n) is 7.94. The van der Waals surface area contributed by atoms with E-state index in [1.54, 1.807) is 0 Å². The minimum Gasteiger partial charge on any atom is -0.300 e. The zero-order valence-corrected chi connectivity index (χ0v) is 12.7. The van der Waals surface area contributed by atoms with Gasteiger partial charge in [0.2, 0.25) is 0 Å². The molecule has 4 saturated heterocycles. The first-order chi connectivity index (χ1) is 9.22. The summed E-state index contributed by atoms with van der Waals surface area (Å²) in [7, 11) is 2.39. The topological polar surface area (TPSA) is 6.48 Å². The molecule has 0 aliphatic carbocycles. The summed E-state index contributed by atoms with van der Waals surface area (Å²) in [5.41, 5.74) is 0. The molecule has 4 rings (SSSR count). The molecule has 0 aromatic heterocycles. The second-order valence-corrected chi connectivity index (χ2v) is 7.94. The van der Waals surface area contributed by atoms with Crippen molar-refractivity contribution in [2.24, 2.45) is 5.92 Å². The average Bonchev–Trinajstić information content (AvgIpc) is 2.62. The van der Waals surface area contributed by atoms with Crippen LogP contribution in [0.15, 0.2) is 0 Å². The molecule has 4 heterocycles. The van der Waals surface area contributed by atoms with E-state index in [9.17, 15) is 0 Å². The first-order valence-corrected chi connectivity index (χ1v) is 8.71. The lowest BCUT2D eigenvalue weighted by Crippen LogP contribution is -2.58. The van der Waals surface area contributed by atoms with Crippen molar-refractivity contribution < 1.29 is 0 Å². The van der Waals surface area contributed by atoms with E-state index >= 15 is 0 Å². The molecule has 4 atom stereocenters. The highest BCUT2D eigenvalue weighted by Gasteiger charge is 2.46. The predicted molar refractivity (Wildman–Crippen MR) is 79.3 cm³/mol. The largest absolute Gasteiger partial charge is 0.300 e. The molecule has 4 unspecified atom stereocenters. The molecule has 4 aliphatic rings. The lowest BCUT2D eigenvalue weighted by atomic mass is 9.80. The Balaban J connectivity index is 1.51. The number of fused-ring (bicyclic) bond motifs is 4. The molecule has 19 heavy (non-hydrogen) atoms. The Morgan fingerprint density at radius 1 is 0.684 bits per heavy atom. The Kier molecular flexibility index (Phi) is 3.15. The van der Waals surface area contributed by atoms with Gasteiger partial charge >= 0.3 is 0 Å². The van der Waals surface area contributed by atoms with Crippen LogP contribution in [-0.4, -0.2) is 47.1 Å². The van der Waals surface area contributed by atoms with Crippen molar-refractivity contribution in [1.29, 1.82) is 0 Å². The van der Waals surface area contributed by atoms with Crippen molar-refractivity contribution in [3.63, 3.8) is 0 Å². The van der Waals surface area contributed by atoms with Gasteiger partial charge in [0.05, 0.1) is 0 Å². The first-order valence-electron chi connectivity index (χ1n) is 8.71. The second kappa shape index (κ2) is 4.73. The van der Waals surface area contributed by atoms with Crippen LogP contribution in [0.2, 0.25) is 0 Å². The fourth-order valence-corrected chi connectivity index (χ4v) is 5.91. The fraction of sp³-hybridized carbons (Fsp3) is 1.00. The van der Waals surface area contributed by atoms with Crippen molar-refractivity contribution in [2.45, 2.75) is 94.9 Å². The SMILES string of the molecule is CC1CC2CCC(C1)N2C1CC2CCCC(C1)N2C. The van der Waals surface area contributed by atoms with Gasteiger partial charge in [0, 0.05) is 30.2 Å². The normalized spacial score (nSPS) is 51.5. The van der Waals surface area contributed by atoms with Gasteiger partial charge in [-0.3, -0.25) is 4.90 Å². The van der Waals surface area contributed by atoms with Crippen molar-refractivity contribution in [3.05, 3.63) is 0 Å². The van der Waals surface area contributed by atoms with Gasteiger partial charge in [-0.2, -0.15) is 0 Å². The summed E-state index contributed by atoms with van der Waals surface area (Å²) in [6.45, 7) is 2.48. The molecule has 2 heteroatoms. The van der Waals surface area contributed by atoms with Gasteiger partial charge in [0.25, 0.3) is 0 Å². The van der Waals surface area contributed by atoms with Crippen LogP contribution in [0.3, 0.4) is 0 Å². The van der Waals surface area contributed by atoms with Gasteiger partial charge in [-0.25, -0.2) is 0 Å². The first kappa shape index (κ1) is 12.6. The third-order valence-electron chi connectivity index (χ3n) is 6.76. The summed E-state index contributed by atoms with van der Waals surface area (Å²) in [6, 6.07) is 4.62. The van der Waals surface area contributed by atoms with Crippen molar-refractivity contribution >= 4 is 0 Å². The zero-order valence-electron chi connectivity index (χ0n) is 12.7. The van der Waals surface area contributed by atoms with Crippen LogP contribution in [-0.2, 0) is 0 Å². The predicted octanol–water partition coefficient (Wildman–Crippen LogP) is 3.26. The maximum absolute atomic E-state index is 3.01. The summed E-state index contributed by atoms with van der Waals surface area (Å²) < 4.78 is 0. The summed E-state index contributed by atoms with van der Waals surface area (Å²) in [4.78, 5) is 5.73. The summed E-state index contributed by atoms with van der Waals surface area (Å²) >= 11 is 0. The van der Waals surface area contributed by atoms with Gasteiger partial charge in [-0.1, -0.05) is 13.3 Å². The minimum absolute atomic E-state index is 0.899. The number of nitrogens with zero attached hydrogens (tertiary/aromatic N) is 2. The number of rotatable bonds is 1. The Morgan fingerprint density at radius 2 is 1.26 bits per heavy atom. The van der Waals surface area contributed by atoms with Crippen molar-refractivity contribution in [1.82, 2.24) is 9.80 Å². The van der Waals surface area contributed by atoms with E-state index in [0.29, 0.717) is 0 Å². The zero-order chi connectivity index (χ0) is 13.0. The Bertz CT molecular complexity index is 314. The number of hydrogen-bond acceptors (Lipinski definition) is 2. The molecule has 2 nitrogen and oxygen atoms in total. The molecule has 0 aromatic carbocycles. The third-order valence-corrected chi connectivity index (χ3v) is 6.76. The average molecular weight is 262 g/mol. The van der Waals surface area contributed by atoms with E-state index in [1.165, 1.54) is 57.8 Å². The number of hydrogen-bond donors (Lipinski definition) is 0. The van der Waals surface area contributed by atoms with E-state index in [1.807, 2.05) is 0 Å². The van der Waals surface area contributed by atoms with E-state index < -0.39 is 0 Å². The monoisotopic (exact) mass is 262 g/mol. The van der Waals surface area contributed by atoms with Gasteiger partial charge in [-0.05, 0) is 64.3 Å². The van der Waals surface area contributed by atoms with Gasteiger partial charge in [-0.15, -0.1) is 0 Å². The summed E-state index contributed by atoms with van der Waals surface area (Å²) in [5.74, 6) is 0.986. The van der Waals surface area contributed by atoms with E-state index in [2.05, 4.69) is 23.8 Å². The van der Waals surface area contributed by atoms with Crippen LogP contribution in [0.4, 0.5) is 0 Å². The molecule has 4 aliphatic heterocycles. The molecular formula is C17H30N2. The highest BCUT2D eigenvalue weighted by molar-refractivity contribution is 5.02. The smallest absolute Gasteiger partial charge is 0.0131 e. The van der Waals surface area contributed by atoms with Crippen LogP contribution < -0.4 is 0 Å². The van der Waals surface area contributed by atoms with Crippen LogP contribution in [0, 0.1) is 5.92 Å². The lowest BCUT2D eigenvalue weighted by molar-refractivity contribution is -0.0256. The standard InChI is InChI=1S/C17H30N2/c1-12-8-15-6-7-16(9-12)19(15)17-10-13-4-3-5-14(11-17)18(13)2/h12-17H,3-11H2,1-2H3. The minimum atomic E-state index is 0.899. The van der Waals surface area contributed by atoms with E-state index in [4.69, 9.17) is 0 Å². The lowest BCUT2D eigenvalue weighted by Gasteiger charge is -2.52. The quantitative estimate of drug-likeness (QED) is 0.715. The van der Waals surface area contributed by atoms with E-state index in [0.717, 1.165) is 36.1 Å². The van der Waals surface area contributed by atoms with Crippen LogP contribution in [0.5, 0.6) is 0 Å². The molecule has 0 radical (unpaired) electrons. The molecule has 4 bridgehead atoms. The Morgan fingerprint density at radius 3 is 1.84 bits per heavy atom. The third kappa shape index (κ3) is 2.06. The molecule has 0 N–H and O–H groups in total. The van der Waals surface area contributed by atoms with Gasteiger partial charge < -0.3 is 4.90 Å². The molecule has 108 valence electrons. The maximum Gasteiger partial charge on any atom is 0.0131 e. The molecular weight excluding hydrogens is 232 g/mol. The van der Waals surface area contributed by atoms with Crippen molar-refractivity contribution in [2.75, 3.05) is 7.05 Å². The highest BCUT2D eigenvalue weighted by atomic mass is 15.3. The Labute approximate surface area is 118 Å².